The van der Waals surface area contributed by atoms with Crippen LogP contribution in [0.15, 0.2) is 0 Å². The van der Waals surface area contributed by atoms with Crippen molar-refractivity contribution in [2.45, 2.75) is 13.8 Å². The fourth-order valence-electron chi connectivity index (χ4n) is 0. The monoisotopic (exact) mass is 322 g/mol. The average Bonchev–Trinajstić information content (AvgIpc) is 1.25. The van der Waals surface area contributed by atoms with E-state index in [9.17, 15) is 0 Å². The zero-order valence-corrected chi connectivity index (χ0v) is 10.9. The van der Waals surface area contributed by atoms with Crippen molar-refractivity contribution in [2.24, 2.45) is 0 Å². The quantitative estimate of drug-likeness (QED) is 0.624. The third-order valence-electron chi connectivity index (χ3n) is 0. The Morgan fingerprint density at radius 1 is 1.00 bits per heavy atom. The van der Waals surface area contributed by atoms with E-state index >= 15 is 0 Å². The molecule has 5 heteroatoms. The maximum absolute atomic E-state index is 9.00. The van der Waals surface area contributed by atoms with Gasteiger partial charge >= 0.3 is 0 Å². The van der Waals surface area contributed by atoms with Crippen molar-refractivity contribution >= 4 is 11.9 Å². The molecular formula is C4H8HgO4. The van der Waals surface area contributed by atoms with Crippen molar-refractivity contribution in [1.29, 1.82) is 0 Å². The van der Waals surface area contributed by atoms with Gasteiger partial charge in [-0.05, 0) is 0 Å². The zero-order chi connectivity index (χ0) is 7.15. The molecule has 0 aromatic heterocycles. The van der Waals surface area contributed by atoms with Crippen LogP contribution in [0.4, 0.5) is 0 Å². The van der Waals surface area contributed by atoms with Crippen LogP contribution in [0.2, 0.25) is 0 Å². The summed E-state index contributed by atoms with van der Waals surface area (Å²) in [5, 5.41) is 14.8. The molecule has 0 radical (unpaired) electrons. The van der Waals surface area contributed by atoms with Crippen molar-refractivity contribution in [2.75, 3.05) is 0 Å². The van der Waals surface area contributed by atoms with Crippen molar-refractivity contribution in [3.05, 3.63) is 0 Å². The van der Waals surface area contributed by atoms with Crippen LogP contribution < -0.4 is 0 Å². The molecule has 50 valence electrons. The topological polar surface area (TPSA) is 74.6 Å². The normalized spacial score (nSPS) is 5.56. The molecule has 2 N–H and O–H groups in total. The molecule has 0 aliphatic heterocycles. The molecule has 0 aliphatic rings. The van der Waals surface area contributed by atoms with Gasteiger partial charge in [0.1, 0.15) is 0 Å². The van der Waals surface area contributed by atoms with Gasteiger partial charge in [0.25, 0.3) is 11.9 Å². The first-order valence-corrected chi connectivity index (χ1v) is 1.86. The molecule has 0 heterocycles. The van der Waals surface area contributed by atoms with Crippen molar-refractivity contribution in [1.82, 2.24) is 0 Å². The molecule has 9 heavy (non-hydrogen) atoms. The van der Waals surface area contributed by atoms with Crippen LogP contribution in [0.1, 0.15) is 13.8 Å². The van der Waals surface area contributed by atoms with E-state index in [1.54, 1.807) is 0 Å². The number of carboxylic acids is 2. The van der Waals surface area contributed by atoms with Crippen LogP contribution in [0.5, 0.6) is 0 Å². The Bertz CT molecular complexity index is 70.6. The predicted octanol–water partition coefficient (Wildman–Crippen LogP) is 0.179. The van der Waals surface area contributed by atoms with Gasteiger partial charge in [0.2, 0.25) is 0 Å². The van der Waals surface area contributed by atoms with Gasteiger partial charge in [0.15, 0.2) is 0 Å². The largest absolute Gasteiger partial charge is 0.481 e. The Morgan fingerprint density at radius 2 is 1.00 bits per heavy atom. The van der Waals surface area contributed by atoms with E-state index in [1.165, 1.54) is 0 Å². The van der Waals surface area contributed by atoms with E-state index in [2.05, 4.69) is 0 Å². The van der Waals surface area contributed by atoms with Crippen LogP contribution in [0.25, 0.3) is 0 Å². The van der Waals surface area contributed by atoms with Gasteiger partial charge < -0.3 is 10.2 Å². The second-order valence-corrected chi connectivity index (χ2v) is 1.04. The second kappa shape index (κ2) is 10.8. The van der Waals surface area contributed by atoms with E-state index in [4.69, 9.17) is 19.8 Å². The van der Waals surface area contributed by atoms with Crippen molar-refractivity contribution < 1.29 is 47.5 Å². The fraction of sp³-hybridized carbons (Fsp3) is 0.500. The number of carbonyl (C=O) groups is 2. The van der Waals surface area contributed by atoms with Crippen LogP contribution in [0, 0.1) is 0 Å². The summed E-state index contributed by atoms with van der Waals surface area (Å²) in [5.41, 5.74) is 0. The van der Waals surface area contributed by atoms with E-state index in [0.29, 0.717) is 0 Å². The molecule has 0 spiro atoms. The number of carboxylic acid groups (broad SMARTS) is 2. The standard InChI is InChI=1S/2C2H4O2.Hg/c2*1-2(3)4;/h2*1H3,(H,3,4);. The number of hydrogen-bond donors (Lipinski definition) is 2. The van der Waals surface area contributed by atoms with Gasteiger partial charge in [-0.25, -0.2) is 0 Å². The molecule has 0 aromatic rings. The van der Waals surface area contributed by atoms with Gasteiger partial charge in [-0.15, -0.1) is 0 Å². The maximum Gasteiger partial charge on any atom is 0.300 e. The van der Waals surface area contributed by atoms with E-state index < -0.39 is 11.9 Å². The van der Waals surface area contributed by atoms with Crippen molar-refractivity contribution in [3.63, 3.8) is 0 Å². The van der Waals surface area contributed by atoms with Gasteiger partial charge in [-0.1, -0.05) is 0 Å². The average molecular weight is 321 g/mol. The van der Waals surface area contributed by atoms with Crippen LogP contribution in [0.3, 0.4) is 0 Å². The summed E-state index contributed by atoms with van der Waals surface area (Å²) in [4.78, 5) is 18.0. The molecule has 0 unspecified atom stereocenters. The minimum absolute atomic E-state index is 0. The summed E-state index contributed by atoms with van der Waals surface area (Å²) < 4.78 is 0. The predicted molar refractivity (Wildman–Crippen MR) is 26.6 cm³/mol. The summed E-state index contributed by atoms with van der Waals surface area (Å²) in [7, 11) is 0. The Labute approximate surface area is 73.4 Å². The third kappa shape index (κ3) is 17400. The third-order valence-corrected chi connectivity index (χ3v) is 0. The minimum atomic E-state index is -0.833. The summed E-state index contributed by atoms with van der Waals surface area (Å²) in [6.07, 6.45) is 0. The molecule has 0 fully saturated rings. The molecule has 0 saturated carbocycles. The summed E-state index contributed by atoms with van der Waals surface area (Å²) in [6.45, 7) is 2.17. The molecule has 0 rings (SSSR count). The molecule has 0 atom stereocenters. The summed E-state index contributed by atoms with van der Waals surface area (Å²) >= 11 is 0. The zero-order valence-electron chi connectivity index (χ0n) is 5.42. The van der Waals surface area contributed by atoms with E-state index in [1.807, 2.05) is 0 Å². The van der Waals surface area contributed by atoms with Crippen LogP contribution in [-0.4, -0.2) is 22.2 Å². The second-order valence-electron chi connectivity index (χ2n) is 1.04. The molecular weight excluding hydrogens is 313 g/mol. The molecule has 0 aliphatic carbocycles. The first-order chi connectivity index (χ1) is 3.46. The Balaban J connectivity index is -0.0000000720. The van der Waals surface area contributed by atoms with E-state index in [-0.39, 0.29) is 27.7 Å². The number of rotatable bonds is 0. The molecule has 0 amide bonds. The molecule has 4 nitrogen and oxygen atoms in total. The maximum atomic E-state index is 9.00. The molecule has 0 saturated heterocycles. The first kappa shape index (κ1) is 15.9. The SMILES string of the molecule is CC(=O)O.CC(=O)O.[Hg]. The van der Waals surface area contributed by atoms with Gasteiger partial charge in [0.05, 0.1) is 0 Å². The van der Waals surface area contributed by atoms with Crippen molar-refractivity contribution in [3.8, 4) is 0 Å². The van der Waals surface area contributed by atoms with Gasteiger partial charge in [-0.2, -0.15) is 0 Å². The molecule has 0 aromatic carbocycles. The first-order valence-electron chi connectivity index (χ1n) is 1.86. The Kier molecular flexibility index (Phi) is 19.1. The summed E-state index contributed by atoms with van der Waals surface area (Å²) in [5.74, 6) is -1.67. The van der Waals surface area contributed by atoms with Crippen LogP contribution in [-0.2, 0) is 37.3 Å². The van der Waals surface area contributed by atoms with E-state index in [0.717, 1.165) is 13.8 Å². The van der Waals surface area contributed by atoms with Crippen LogP contribution >= 0.6 is 0 Å². The van der Waals surface area contributed by atoms with Gasteiger partial charge in [-0.3, -0.25) is 9.59 Å². The van der Waals surface area contributed by atoms with Gasteiger partial charge in [0, 0.05) is 41.5 Å². The number of aliphatic carboxylic acids is 2. The molecule has 0 bridgehead atoms. The smallest absolute Gasteiger partial charge is 0.300 e. The minimum Gasteiger partial charge on any atom is -0.481 e. The number of hydrogen-bond acceptors (Lipinski definition) is 2. The fourth-order valence-corrected chi connectivity index (χ4v) is 0. The Hall–Kier alpha value is -0.125. The summed E-state index contributed by atoms with van der Waals surface area (Å²) in [6, 6.07) is 0. The Morgan fingerprint density at radius 3 is 1.00 bits per heavy atom.